The van der Waals surface area contributed by atoms with E-state index in [0.717, 1.165) is 54.2 Å². The first kappa shape index (κ1) is 25.5. The second-order valence-electron chi connectivity index (χ2n) is 9.00. The number of piperidine rings is 1. The molecule has 8 heteroatoms. The molecule has 1 saturated heterocycles. The van der Waals surface area contributed by atoms with E-state index >= 15 is 0 Å². The van der Waals surface area contributed by atoms with Crippen molar-refractivity contribution in [1.29, 1.82) is 0 Å². The number of anilines is 2. The van der Waals surface area contributed by atoms with Crippen molar-refractivity contribution in [2.24, 2.45) is 0 Å². The number of hydrogen-bond acceptors (Lipinski definition) is 5. The van der Waals surface area contributed by atoms with E-state index in [0.29, 0.717) is 18.9 Å². The lowest BCUT2D eigenvalue weighted by Crippen LogP contribution is -2.50. The van der Waals surface area contributed by atoms with Gasteiger partial charge in [0.25, 0.3) is 0 Å². The fraction of sp³-hybridized carbons (Fsp3) is 0.286. The van der Waals surface area contributed by atoms with Gasteiger partial charge in [-0.05, 0) is 61.7 Å². The number of likely N-dealkylation sites (tertiary alicyclic amines) is 1. The number of cyclic esters (lactones) is 1. The zero-order valence-electron chi connectivity index (χ0n) is 20.2. The van der Waals surface area contributed by atoms with Gasteiger partial charge in [-0.15, -0.1) is 12.4 Å². The summed E-state index contributed by atoms with van der Waals surface area (Å²) in [5, 5.41) is 2.96. The number of carbonyl (C=O) groups excluding carboxylic acids is 2. The van der Waals surface area contributed by atoms with Crippen LogP contribution in [-0.4, -0.2) is 42.6 Å². The van der Waals surface area contributed by atoms with Crippen molar-refractivity contribution in [3.8, 4) is 11.5 Å². The third-order valence-electron chi connectivity index (χ3n) is 6.52. The highest BCUT2D eigenvalue weighted by molar-refractivity contribution is 5.93. The number of carbonyl (C=O) groups is 2. The zero-order valence-corrected chi connectivity index (χ0v) is 21.0. The first-order chi connectivity index (χ1) is 17.1. The first-order valence-corrected chi connectivity index (χ1v) is 12.0. The molecule has 0 saturated carbocycles. The molecule has 2 amide bonds. The Morgan fingerprint density at radius 3 is 2.39 bits per heavy atom. The summed E-state index contributed by atoms with van der Waals surface area (Å²) in [6, 6.07) is 23.0. The van der Waals surface area contributed by atoms with Crippen LogP contribution < -0.4 is 15.0 Å². The van der Waals surface area contributed by atoms with E-state index in [1.165, 1.54) is 0 Å². The van der Waals surface area contributed by atoms with Crippen molar-refractivity contribution in [3.05, 3.63) is 83.9 Å². The summed E-state index contributed by atoms with van der Waals surface area (Å²) in [5.74, 6) is 1.42. The minimum Gasteiger partial charge on any atom is -0.457 e. The molecule has 188 valence electrons. The van der Waals surface area contributed by atoms with E-state index in [1.54, 1.807) is 0 Å². The van der Waals surface area contributed by atoms with Crippen LogP contribution in [-0.2, 0) is 16.1 Å². The number of benzene rings is 3. The number of para-hydroxylation sites is 2. The third-order valence-corrected chi connectivity index (χ3v) is 6.52. The highest BCUT2D eigenvalue weighted by Gasteiger charge is 2.35. The van der Waals surface area contributed by atoms with Crippen LogP contribution in [0.15, 0.2) is 72.8 Å². The molecule has 5 rings (SSSR count). The molecule has 0 aromatic heterocycles. The maximum absolute atomic E-state index is 12.6. The predicted molar refractivity (Wildman–Crippen MR) is 142 cm³/mol. The van der Waals surface area contributed by atoms with Gasteiger partial charge in [-0.2, -0.15) is 0 Å². The summed E-state index contributed by atoms with van der Waals surface area (Å²) in [5.41, 5.74) is 3.85. The minimum atomic E-state index is -0.275. The van der Waals surface area contributed by atoms with Gasteiger partial charge in [0.2, 0.25) is 5.91 Å². The van der Waals surface area contributed by atoms with Gasteiger partial charge in [0.05, 0.1) is 12.2 Å². The number of nitrogens with one attached hydrogen (secondary N) is 1. The summed E-state index contributed by atoms with van der Waals surface area (Å²) < 4.78 is 11.2. The van der Waals surface area contributed by atoms with Crippen molar-refractivity contribution < 1.29 is 19.1 Å². The standard InChI is InChI=1S/C28H29N3O4.ClH/c1-20-6-5-7-21-19-34-28(33)31(27(20)21)23-14-16-30(17-15-23)18-26(32)29-22-10-12-25(13-11-22)35-24-8-3-2-4-9-24;/h2-13,23H,14-19H2,1H3,(H,29,32);1H. The second kappa shape index (κ2) is 11.5. The maximum Gasteiger partial charge on any atom is 0.414 e. The molecule has 0 radical (unpaired) electrons. The fourth-order valence-corrected chi connectivity index (χ4v) is 4.78. The van der Waals surface area contributed by atoms with Crippen LogP contribution in [0.3, 0.4) is 0 Å². The molecule has 0 atom stereocenters. The molecular formula is C28H30ClN3O4. The summed E-state index contributed by atoms with van der Waals surface area (Å²) in [6.45, 7) is 4.16. The Morgan fingerprint density at radius 2 is 1.67 bits per heavy atom. The van der Waals surface area contributed by atoms with Gasteiger partial charge in [0.15, 0.2) is 0 Å². The van der Waals surface area contributed by atoms with Crippen LogP contribution in [0.1, 0.15) is 24.0 Å². The van der Waals surface area contributed by atoms with Crippen LogP contribution in [0.4, 0.5) is 16.2 Å². The zero-order chi connectivity index (χ0) is 24.2. The van der Waals surface area contributed by atoms with Gasteiger partial charge < -0.3 is 14.8 Å². The molecule has 0 unspecified atom stereocenters. The van der Waals surface area contributed by atoms with Gasteiger partial charge in [-0.1, -0.05) is 36.4 Å². The summed E-state index contributed by atoms with van der Waals surface area (Å²) in [6.07, 6.45) is 1.31. The summed E-state index contributed by atoms with van der Waals surface area (Å²) >= 11 is 0. The molecule has 36 heavy (non-hydrogen) atoms. The van der Waals surface area contributed by atoms with Gasteiger partial charge in [0, 0.05) is 30.4 Å². The average Bonchev–Trinajstić information content (AvgIpc) is 2.87. The normalized spacial score (nSPS) is 15.9. The number of halogens is 1. The Labute approximate surface area is 217 Å². The minimum absolute atomic E-state index is 0. The number of nitrogens with zero attached hydrogens (tertiary/aromatic N) is 2. The topological polar surface area (TPSA) is 71.1 Å². The number of aryl methyl sites for hydroxylation is 1. The summed E-state index contributed by atoms with van der Waals surface area (Å²) in [4.78, 5) is 29.2. The van der Waals surface area contributed by atoms with E-state index in [9.17, 15) is 9.59 Å². The van der Waals surface area contributed by atoms with Crippen LogP contribution >= 0.6 is 12.4 Å². The Kier molecular flexibility index (Phi) is 8.13. The van der Waals surface area contributed by atoms with E-state index < -0.39 is 0 Å². The number of hydrogen-bond donors (Lipinski definition) is 1. The van der Waals surface area contributed by atoms with E-state index in [4.69, 9.17) is 9.47 Å². The fourth-order valence-electron chi connectivity index (χ4n) is 4.78. The van der Waals surface area contributed by atoms with Gasteiger partial charge in [-0.25, -0.2) is 4.79 Å². The highest BCUT2D eigenvalue weighted by atomic mass is 35.5. The number of ether oxygens (including phenoxy) is 2. The molecule has 0 bridgehead atoms. The highest BCUT2D eigenvalue weighted by Crippen LogP contribution is 2.34. The van der Waals surface area contributed by atoms with E-state index in [2.05, 4.69) is 10.2 Å². The SMILES string of the molecule is Cc1cccc2c1N(C1CCN(CC(=O)Nc3ccc(Oc4ccccc4)cc3)CC1)C(=O)OC2.Cl. The van der Waals surface area contributed by atoms with Crippen LogP contribution in [0, 0.1) is 6.92 Å². The van der Waals surface area contributed by atoms with E-state index in [1.807, 2.05) is 84.6 Å². The Bertz CT molecular complexity index is 1200. The van der Waals surface area contributed by atoms with Gasteiger partial charge in [-0.3, -0.25) is 14.6 Å². The molecule has 0 spiro atoms. The largest absolute Gasteiger partial charge is 0.457 e. The van der Waals surface area contributed by atoms with Crippen molar-refractivity contribution in [3.63, 3.8) is 0 Å². The monoisotopic (exact) mass is 507 g/mol. The van der Waals surface area contributed by atoms with Crippen molar-refractivity contribution >= 4 is 35.8 Å². The summed E-state index contributed by atoms with van der Waals surface area (Å²) in [7, 11) is 0. The number of fused-ring (bicyclic) bond motifs is 1. The predicted octanol–water partition coefficient (Wildman–Crippen LogP) is 5.77. The van der Waals surface area contributed by atoms with Crippen LogP contribution in [0.25, 0.3) is 0 Å². The average molecular weight is 508 g/mol. The molecule has 0 aliphatic carbocycles. The van der Waals surface area contributed by atoms with E-state index in [-0.39, 0.29) is 30.4 Å². The van der Waals surface area contributed by atoms with Crippen molar-refractivity contribution in [2.45, 2.75) is 32.4 Å². The molecule has 3 aromatic rings. The lowest BCUT2D eigenvalue weighted by Gasteiger charge is -2.40. The molecular weight excluding hydrogens is 478 g/mol. The molecule has 1 fully saturated rings. The lowest BCUT2D eigenvalue weighted by molar-refractivity contribution is -0.117. The molecule has 7 nitrogen and oxygen atoms in total. The first-order valence-electron chi connectivity index (χ1n) is 12.0. The Balaban J connectivity index is 0.00000304. The van der Waals surface area contributed by atoms with Crippen molar-refractivity contribution in [2.75, 3.05) is 29.9 Å². The smallest absolute Gasteiger partial charge is 0.414 e. The third kappa shape index (κ3) is 5.80. The molecule has 3 aromatic carbocycles. The number of rotatable bonds is 6. The lowest BCUT2D eigenvalue weighted by atomic mass is 9.99. The molecule has 2 heterocycles. The molecule has 1 N–H and O–H groups in total. The van der Waals surface area contributed by atoms with Gasteiger partial charge in [0.1, 0.15) is 18.1 Å². The molecule has 2 aliphatic rings. The quantitative estimate of drug-likeness (QED) is 0.458. The van der Waals surface area contributed by atoms with Crippen molar-refractivity contribution in [1.82, 2.24) is 4.90 Å². The van der Waals surface area contributed by atoms with Crippen LogP contribution in [0.5, 0.6) is 11.5 Å². The maximum atomic E-state index is 12.6. The second-order valence-corrected chi connectivity index (χ2v) is 9.00. The molecule has 2 aliphatic heterocycles. The Hall–Kier alpha value is -3.55. The Morgan fingerprint density at radius 1 is 0.972 bits per heavy atom. The van der Waals surface area contributed by atoms with Gasteiger partial charge >= 0.3 is 6.09 Å². The number of amides is 2. The van der Waals surface area contributed by atoms with Crippen LogP contribution in [0.2, 0.25) is 0 Å².